The van der Waals surface area contributed by atoms with E-state index in [1.807, 2.05) is 0 Å². The zero-order chi connectivity index (χ0) is 10.8. The third-order valence-corrected chi connectivity index (χ3v) is 2.31. The van der Waals surface area contributed by atoms with E-state index in [0.29, 0.717) is 10.0 Å². The molecule has 0 amide bonds. The minimum Gasteiger partial charge on any atom is -0.338 e. The van der Waals surface area contributed by atoms with Gasteiger partial charge in [0.2, 0.25) is 11.7 Å². The summed E-state index contributed by atoms with van der Waals surface area (Å²) in [5, 5.41) is 3.63. The Labute approximate surface area is 93.4 Å². The molecule has 4 nitrogen and oxygen atoms in total. The number of benzene rings is 1. The molecule has 0 bridgehead atoms. The number of halogens is 2. The van der Waals surface area contributed by atoms with E-state index in [-0.39, 0.29) is 18.3 Å². The average Bonchev–Trinajstić information content (AvgIpc) is 2.66. The Hall–Kier alpha value is -1.27. The lowest BCUT2D eigenvalue weighted by Crippen LogP contribution is -1.95. The molecule has 6 heteroatoms. The number of hydrogen-bond acceptors (Lipinski definition) is 4. The summed E-state index contributed by atoms with van der Waals surface area (Å²) in [6.45, 7) is 0.144. The van der Waals surface area contributed by atoms with Gasteiger partial charge in [0, 0.05) is 4.47 Å². The summed E-state index contributed by atoms with van der Waals surface area (Å²) in [5.41, 5.74) is 5.60. The summed E-state index contributed by atoms with van der Waals surface area (Å²) in [6.07, 6.45) is 0. The van der Waals surface area contributed by atoms with Crippen molar-refractivity contribution < 1.29 is 8.91 Å². The van der Waals surface area contributed by atoms with Gasteiger partial charge in [-0.05, 0) is 18.2 Å². The van der Waals surface area contributed by atoms with Crippen LogP contribution in [0.2, 0.25) is 0 Å². The first kappa shape index (κ1) is 10.3. The number of aromatic nitrogens is 2. The van der Waals surface area contributed by atoms with Crippen LogP contribution in [0.3, 0.4) is 0 Å². The van der Waals surface area contributed by atoms with Crippen molar-refractivity contribution in [3.63, 3.8) is 0 Å². The number of hydrogen-bond donors (Lipinski definition) is 1. The number of rotatable bonds is 2. The summed E-state index contributed by atoms with van der Waals surface area (Å²) in [7, 11) is 0. The molecule has 0 unspecified atom stereocenters. The van der Waals surface area contributed by atoms with Crippen LogP contribution in [-0.4, -0.2) is 10.1 Å². The Morgan fingerprint density at radius 2 is 2.27 bits per heavy atom. The minimum atomic E-state index is -0.409. The molecule has 2 N–H and O–H groups in total. The smallest absolute Gasteiger partial charge is 0.240 e. The maximum atomic E-state index is 13.5. The molecule has 2 aromatic rings. The molecule has 1 aromatic carbocycles. The molecule has 78 valence electrons. The summed E-state index contributed by atoms with van der Waals surface area (Å²) >= 11 is 3.16. The van der Waals surface area contributed by atoms with Crippen molar-refractivity contribution in [1.82, 2.24) is 10.1 Å². The highest BCUT2D eigenvalue weighted by Crippen LogP contribution is 2.22. The van der Waals surface area contributed by atoms with Crippen LogP contribution < -0.4 is 5.73 Å². The lowest BCUT2D eigenvalue weighted by molar-refractivity contribution is 0.380. The Balaban J connectivity index is 2.44. The van der Waals surface area contributed by atoms with Crippen LogP contribution in [-0.2, 0) is 6.54 Å². The molecule has 0 aliphatic heterocycles. The third-order valence-electron chi connectivity index (χ3n) is 1.81. The van der Waals surface area contributed by atoms with Crippen molar-refractivity contribution >= 4 is 15.9 Å². The summed E-state index contributed by atoms with van der Waals surface area (Å²) in [4.78, 5) is 3.93. The highest BCUT2D eigenvalue weighted by Gasteiger charge is 2.11. The molecule has 0 spiro atoms. The van der Waals surface area contributed by atoms with Crippen molar-refractivity contribution in [3.8, 4) is 11.4 Å². The van der Waals surface area contributed by atoms with Crippen molar-refractivity contribution in [2.75, 3.05) is 0 Å². The Morgan fingerprint density at radius 3 is 2.87 bits per heavy atom. The third kappa shape index (κ3) is 2.05. The average molecular weight is 272 g/mol. The van der Waals surface area contributed by atoms with Gasteiger partial charge in [0.05, 0.1) is 12.1 Å². The minimum absolute atomic E-state index is 0.144. The van der Waals surface area contributed by atoms with Gasteiger partial charge in [-0.3, -0.25) is 0 Å². The first-order chi connectivity index (χ1) is 7.20. The molecule has 1 heterocycles. The zero-order valence-corrected chi connectivity index (χ0v) is 9.16. The fourth-order valence-electron chi connectivity index (χ4n) is 1.12. The molecule has 0 saturated carbocycles. The molecule has 1 aromatic heterocycles. The Morgan fingerprint density at radius 1 is 1.47 bits per heavy atom. The van der Waals surface area contributed by atoms with Crippen molar-refractivity contribution in [1.29, 1.82) is 0 Å². The van der Waals surface area contributed by atoms with Crippen LogP contribution in [0.1, 0.15) is 5.89 Å². The summed E-state index contributed by atoms with van der Waals surface area (Å²) in [6, 6.07) is 4.62. The largest absolute Gasteiger partial charge is 0.338 e. The van der Waals surface area contributed by atoms with E-state index in [1.165, 1.54) is 6.07 Å². The molecule has 0 aliphatic carbocycles. The fraction of sp³-hybridized carbons (Fsp3) is 0.111. The monoisotopic (exact) mass is 271 g/mol. The number of nitrogens with zero attached hydrogens (tertiary/aromatic N) is 2. The predicted octanol–water partition coefficient (Wildman–Crippen LogP) is 2.10. The van der Waals surface area contributed by atoms with Crippen LogP contribution in [0.4, 0.5) is 4.39 Å². The lowest BCUT2D eigenvalue weighted by atomic mass is 10.2. The highest BCUT2D eigenvalue weighted by atomic mass is 79.9. The summed E-state index contributed by atoms with van der Waals surface area (Å²) in [5.74, 6) is 0.0847. The highest BCUT2D eigenvalue weighted by molar-refractivity contribution is 9.10. The van der Waals surface area contributed by atoms with E-state index in [1.54, 1.807) is 12.1 Å². The van der Waals surface area contributed by atoms with Crippen LogP contribution in [0.5, 0.6) is 0 Å². The van der Waals surface area contributed by atoms with E-state index in [4.69, 9.17) is 10.3 Å². The first-order valence-electron chi connectivity index (χ1n) is 4.19. The van der Waals surface area contributed by atoms with E-state index < -0.39 is 5.82 Å². The molecular weight excluding hydrogens is 265 g/mol. The molecule has 2 rings (SSSR count). The zero-order valence-electron chi connectivity index (χ0n) is 7.58. The second-order valence-electron chi connectivity index (χ2n) is 2.84. The molecule has 0 atom stereocenters. The van der Waals surface area contributed by atoms with Gasteiger partial charge >= 0.3 is 0 Å². The number of nitrogens with two attached hydrogens (primary N) is 1. The molecular formula is C9H7BrFN3O. The Bertz CT molecular complexity index is 486. The van der Waals surface area contributed by atoms with Gasteiger partial charge < -0.3 is 10.3 Å². The van der Waals surface area contributed by atoms with Crippen LogP contribution in [0, 0.1) is 5.82 Å². The standard InChI is InChI=1S/C9H7BrFN3O/c10-5-1-2-6(7(11)3-5)9-13-8(4-12)15-14-9/h1-3H,4,12H2. The van der Waals surface area contributed by atoms with Gasteiger partial charge in [0.15, 0.2) is 0 Å². The van der Waals surface area contributed by atoms with E-state index in [0.717, 1.165) is 0 Å². The van der Waals surface area contributed by atoms with Crippen molar-refractivity contribution in [3.05, 3.63) is 34.4 Å². The van der Waals surface area contributed by atoms with Crippen molar-refractivity contribution in [2.24, 2.45) is 5.73 Å². The lowest BCUT2D eigenvalue weighted by Gasteiger charge is -1.97. The van der Waals surface area contributed by atoms with Crippen molar-refractivity contribution in [2.45, 2.75) is 6.54 Å². The van der Waals surface area contributed by atoms with Gasteiger partial charge in [-0.15, -0.1) is 0 Å². The van der Waals surface area contributed by atoms with Crippen LogP contribution in [0.25, 0.3) is 11.4 Å². The summed E-state index contributed by atoms with van der Waals surface area (Å²) < 4.78 is 18.9. The topological polar surface area (TPSA) is 64.9 Å². The normalized spacial score (nSPS) is 10.6. The van der Waals surface area contributed by atoms with Gasteiger partial charge in [0.25, 0.3) is 0 Å². The van der Waals surface area contributed by atoms with Gasteiger partial charge in [-0.1, -0.05) is 21.1 Å². The van der Waals surface area contributed by atoms with E-state index >= 15 is 0 Å². The van der Waals surface area contributed by atoms with Gasteiger partial charge in [-0.25, -0.2) is 4.39 Å². The Kier molecular flexibility index (Phi) is 2.79. The van der Waals surface area contributed by atoms with E-state index in [2.05, 4.69) is 26.1 Å². The second kappa shape index (κ2) is 4.08. The van der Waals surface area contributed by atoms with E-state index in [9.17, 15) is 4.39 Å². The maximum absolute atomic E-state index is 13.5. The molecule has 0 fully saturated rings. The quantitative estimate of drug-likeness (QED) is 0.909. The fourth-order valence-corrected chi connectivity index (χ4v) is 1.45. The second-order valence-corrected chi connectivity index (χ2v) is 3.76. The van der Waals surface area contributed by atoms with Crippen LogP contribution in [0.15, 0.2) is 27.2 Å². The van der Waals surface area contributed by atoms with Crippen LogP contribution >= 0.6 is 15.9 Å². The first-order valence-corrected chi connectivity index (χ1v) is 4.98. The van der Waals surface area contributed by atoms with Gasteiger partial charge in [-0.2, -0.15) is 4.98 Å². The van der Waals surface area contributed by atoms with Gasteiger partial charge in [0.1, 0.15) is 5.82 Å². The molecule has 15 heavy (non-hydrogen) atoms. The SMILES string of the molecule is NCc1nc(-c2ccc(Br)cc2F)no1. The maximum Gasteiger partial charge on any atom is 0.240 e. The predicted molar refractivity (Wildman–Crippen MR) is 55.3 cm³/mol. The molecule has 0 saturated heterocycles. The molecule has 0 radical (unpaired) electrons. The molecule has 0 aliphatic rings.